The van der Waals surface area contributed by atoms with Crippen LogP contribution >= 0.6 is 11.8 Å². The number of aromatic nitrogens is 1. The molecule has 0 amide bonds. The molecule has 0 aromatic carbocycles. The van der Waals surface area contributed by atoms with E-state index in [0.29, 0.717) is 5.82 Å². The third-order valence-electron chi connectivity index (χ3n) is 3.75. The first-order chi connectivity index (χ1) is 9.08. The minimum atomic E-state index is -1.02. The molecule has 0 unspecified atom stereocenters. The minimum absolute atomic E-state index is 0.0992. The largest absolute Gasteiger partial charge is 0.478 e. The molecule has 1 heterocycles. The van der Waals surface area contributed by atoms with Gasteiger partial charge in [0.25, 0.3) is 0 Å². The Morgan fingerprint density at radius 3 is 2.84 bits per heavy atom. The third kappa shape index (κ3) is 2.94. The maximum atomic E-state index is 11.0. The van der Waals surface area contributed by atoms with E-state index in [1.807, 2.05) is 11.8 Å². The van der Waals surface area contributed by atoms with Gasteiger partial charge in [-0.05, 0) is 25.2 Å². The average molecular weight is 281 g/mol. The fourth-order valence-corrected chi connectivity index (χ4v) is 3.43. The Bertz CT molecular complexity index is 473. The Balaban J connectivity index is 2.11. The van der Waals surface area contributed by atoms with Crippen LogP contribution in [0.3, 0.4) is 0 Å². The van der Waals surface area contributed by atoms with E-state index in [-0.39, 0.29) is 16.0 Å². The number of pyridine rings is 1. The Morgan fingerprint density at radius 2 is 2.26 bits per heavy atom. The van der Waals surface area contributed by atoms with Gasteiger partial charge in [0.15, 0.2) is 0 Å². The van der Waals surface area contributed by atoms with Crippen molar-refractivity contribution in [3.63, 3.8) is 0 Å². The van der Waals surface area contributed by atoms with Crippen molar-refractivity contribution in [1.82, 2.24) is 4.98 Å². The lowest BCUT2D eigenvalue weighted by Gasteiger charge is -2.27. The first-order valence-electron chi connectivity index (χ1n) is 6.35. The highest BCUT2D eigenvalue weighted by Crippen LogP contribution is 2.40. The molecule has 2 rings (SSSR count). The highest BCUT2D eigenvalue weighted by molar-refractivity contribution is 8.00. The molecule has 0 spiro atoms. The molecule has 1 aliphatic rings. The molecule has 4 N–H and O–H groups in total. The highest BCUT2D eigenvalue weighted by Gasteiger charge is 2.33. The van der Waals surface area contributed by atoms with Gasteiger partial charge in [-0.1, -0.05) is 12.8 Å². The van der Waals surface area contributed by atoms with Gasteiger partial charge in [-0.2, -0.15) is 11.8 Å². The van der Waals surface area contributed by atoms with Crippen molar-refractivity contribution in [3.8, 4) is 0 Å². The summed E-state index contributed by atoms with van der Waals surface area (Å²) in [6.07, 6.45) is 8.46. The molecular formula is C13H19N3O2S. The summed E-state index contributed by atoms with van der Waals surface area (Å²) in [7, 11) is 0. The number of carboxylic acid groups (broad SMARTS) is 1. The Hall–Kier alpha value is -1.43. The number of carboxylic acids is 1. The number of nitrogens with two attached hydrogens (primary N) is 1. The van der Waals surface area contributed by atoms with E-state index < -0.39 is 5.97 Å². The molecule has 6 heteroatoms. The lowest BCUT2D eigenvalue weighted by molar-refractivity contribution is 0.0698. The summed E-state index contributed by atoms with van der Waals surface area (Å²) in [6.45, 7) is 0.772. The summed E-state index contributed by atoms with van der Waals surface area (Å²) in [4.78, 5) is 15.2. The van der Waals surface area contributed by atoms with E-state index >= 15 is 0 Å². The number of aromatic carboxylic acids is 1. The van der Waals surface area contributed by atoms with Gasteiger partial charge in [0.1, 0.15) is 5.82 Å². The molecular weight excluding hydrogens is 262 g/mol. The van der Waals surface area contributed by atoms with Crippen LogP contribution in [0.2, 0.25) is 0 Å². The van der Waals surface area contributed by atoms with Crippen LogP contribution in [0.4, 0.5) is 11.5 Å². The van der Waals surface area contributed by atoms with Gasteiger partial charge >= 0.3 is 5.97 Å². The zero-order valence-electron chi connectivity index (χ0n) is 11.0. The molecule has 19 heavy (non-hydrogen) atoms. The van der Waals surface area contributed by atoms with Crippen molar-refractivity contribution in [2.75, 3.05) is 23.9 Å². The number of nitrogens with zero attached hydrogens (tertiary/aromatic N) is 1. The zero-order chi connectivity index (χ0) is 13.9. The maximum absolute atomic E-state index is 11.0. The lowest BCUT2D eigenvalue weighted by Crippen LogP contribution is -2.30. The first-order valence-corrected chi connectivity index (χ1v) is 7.57. The number of hydrogen-bond acceptors (Lipinski definition) is 5. The summed E-state index contributed by atoms with van der Waals surface area (Å²) in [5, 5.41) is 12.2. The monoisotopic (exact) mass is 281 g/mol. The molecule has 1 aliphatic carbocycles. The van der Waals surface area contributed by atoms with Crippen molar-refractivity contribution in [2.24, 2.45) is 0 Å². The topological polar surface area (TPSA) is 88.2 Å². The van der Waals surface area contributed by atoms with Crippen LogP contribution in [-0.2, 0) is 0 Å². The molecule has 1 saturated carbocycles. The van der Waals surface area contributed by atoms with Crippen molar-refractivity contribution < 1.29 is 9.90 Å². The number of rotatable bonds is 5. The summed E-state index contributed by atoms with van der Waals surface area (Å²) in [5.74, 6) is -0.552. The highest BCUT2D eigenvalue weighted by atomic mass is 32.2. The molecule has 1 aromatic heterocycles. The van der Waals surface area contributed by atoms with Crippen molar-refractivity contribution in [1.29, 1.82) is 0 Å². The minimum Gasteiger partial charge on any atom is -0.478 e. The summed E-state index contributed by atoms with van der Waals surface area (Å²) in [5.41, 5.74) is 6.15. The van der Waals surface area contributed by atoms with E-state index in [0.717, 1.165) is 6.54 Å². The fraction of sp³-hybridized carbons (Fsp3) is 0.538. The van der Waals surface area contributed by atoms with Crippen LogP contribution < -0.4 is 11.1 Å². The predicted octanol–water partition coefficient (Wildman–Crippen LogP) is 2.45. The van der Waals surface area contributed by atoms with Gasteiger partial charge in [-0.25, -0.2) is 9.78 Å². The van der Waals surface area contributed by atoms with Gasteiger partial charge < -0.3 is 16.2 Å². The number of nitrogen functional groups attached to an aromatic ring is 1. The smallest absolute Gasteiger partial charge is 0.337 e. The van der Waals surface area contributed by atoms with Crippen LogP contribution in [0.15, 0.2) is 12.3 Å². The third-order valence-corrected chi connectivity index (χ3v) is 5.16. The quantitative estimate of drug-likeness (QED) is 0.768. The van der Waals surface area contributed by atoms with Crippen molar-refractivity contribution in [2.45, 2.75) is 30.4 Å². The summed E-state index contributed by atoms with van der Waals surface area (Å²) < 4.78 is 0.230. The molecule has 0 atom stereocenters. The number of nitrogens with one attached hydrogen (secondary N) is 1. The molecule has 1 fully saturated rings. The SMILES string of the molecule is CSC1(CNc2nccc(C(=O)O)c2N)CCCC1. The van der Waals surface area contributed by atoms with E-state index in [2.05, 4.69) is 16.6 Å². The molecule has 5 nitrogen and oxygen atoms in total. The molecule has 0 aliphatic heterocycles. The van der Waals surface area contributed by atoms with Crippen molar-refractivity contribution >= 4 is 29.2 Å². The zero-order valence-corrected chi connectivity index (χ0v) is 11.8. The lowest BCUT2D eigenvalue weighted by atomic mass is 10.1. The van der Waals surface area contributed by atoms with Crippen LogP contribution in [0.1, 0.15) is 36.0 Å². The van der Waals surface area contributed by atoms with Crippen molar-refractivity contribution in [3.05, 3.63) is 17.8 Å². The standard InChI is InChI=1S/C13H19N3O2S/c1-19-13(5-2-3-6-13)8-16-11-10(14)9(12(17)18)4-7-15-11/h4,7H,2-3,5-6,8,14H2,1H3,(H,15,16)(H,17,18). The number of carbonyl (C=O) groups is 1. The normalized spacial score (nSPS) is 17.3. The Kier molecular flexibility index (Phi) is 4.19. The number of anilines is 2. The second-order valence-corrected chi connectivity index (χ2v) is 6.15. The van der Waals surface area contributed by atoms with Gasteiger partial charge in [-0.15, -0.1) is 0 Å². The number of hydrogen-bond donors (Lipinski definition) is 3. The van der Waals surface area contributed by atoms with Gasteiger partial charge in [-0.3, -0.25) is 0 Å². The van der Waals surface area contributed by atoms with Crippen LogP contribution in [0.25, 0.3) is 0 Å². The Morgan fingerprint density at radius 1 is 1.58 bits per heavy atom. The summed E-state index contributed by atoms with van der Waals surface area (Å²) >= 11 is 1.87. The maximum Gasteiger partial charge on any atom is 0.337 e. The van der Waals surface area contributed by atoms with E-state index in [1.165, 1.54) is 37.9 Å². The molecule has 0 saturated heterocycles. The van der Waals surface area contributed by atoms with Crippen LogP contribution in [-0.4, -0.2) is 33.6 Å². The molecule has 0 bridgehead atoms. The van der Waals surface area contributed by atoms with E-state index in [9.17, 15) is 4.79 Å². The number of thioether (sulfide) groups is 1. The molecule has 1 aromatic rings. The van der Waals surface area contributed by atoms with Gasteiger partial charge in [0.2, 0.25) is 0 Å². The second-order valence-electron chi connectivity index (χ2n) is 4.87. The van der Waals surface area contributed by atoms with Gasteiger partial charge in [0, 0.05) is 17.5 Å². The molecule has 0 radical (unpaired) electrons. The van der Waals surface area contributed by atoms with Gasteiger partial charge in [0.05, 0.1) is 11.3 Å². The Labute approximate surface area is 117 Å². The first kappa shape index (κ1) is 14.0. The average Bonchev–Trinajstić information content (AvgIpc) is 2.87. The van der Waals surface area contributed by atoms with Crippen LogP contribution in [0, 0.1) is 0 Å². The van der Waals surface area contributed by atoms with E-state index in [4.69, 9.17) is 10.8 Å². The fourth-order valence-electron chi connectivity index (χ4n) is 2.52. The van der Waals surface area contributed by atoms with E-state index in [1.54, 1.807) is 0 Å². The van der Waals surface area contributed by atoms with Crippen LogP contribution in [0.5, 0.6) is 0 Å². The second kappa shape index (κ2) is 5.69. The molecule has 104 valence electrons. The summed E-state index contributed by atoms with van der Waals surface area (Å²) in [6, 6.07) is 1.42. The predicted molar refractivity (Wildman–Crippen MR) is 78.8 cm³/mol.